The number of ether oxygens (including phenoxy) is 1. The van der Waals surface area contributed by atoms with Crippen molar-refractivity contribution < 1.29 is 139 Å². The summed E-state index contributed by atoms with van der Waals surface area (Å²) in [6.07, 6.45) is -15.5. The van der Waals surface area contributed by atoms with Crippen molar-refractivity contribution in [1.82, 2.24) is 0 Å². The van der Waals surface area contributed by atoms with Crippen molar-refractivity contribution in [3.63, 3.8) is 0 Å². The Balaban J connectivity index is 0.0000176. The Bertz CT molecular complexity index is 1270. The fourth-order valence-corrected chi connectivity index (χ4v) is 2.95. The van der Waals surface area contributed by atoms with E-state index >= 15 is 0 Å². The van der Waals surface area contributed by atoms with Gasteiger partial charge in [0.2, 0.25) is 0 Å². The molecule has 0 unspecified atom stereocenters. The van der Waals surface area contributed by atoms with Crippen molar-refractivity contribution >= 4 is 10.1 Å². The van der Waals surface area contributed by atoms with Crippen LogP contribution in [0.3, 0.4) is 0 Å². The van der Waals surface area contributed by atoms with Gasteiger partial charge in [-0.05, 0) is 18.2 Å². The van der Waals surface area contributed by atoms with E-state index in [4.69, 9.17) is 0 Å². The number of hydrogen-bond donors (Lipinski definition) is 0. The molecule has 0 aliphatic carbocycles. The summed E-state index contributed by atoms with van der Waals surface area (Å²) in [6, 6.07) is -0.347. The Morgan fingerprint density at radius 2 is 0.814 bits per heavy atom. The third-order valence-electron chi connectivity index (χ3n) is 4.82. The van der Waals surface area contributed by atoms with Crippen LogP contribution in [0.25, 0.3) is 0 Å². The molecule has 1 rings (SSSR count). The monoisotopic (exact) mass is 714 g/mol. The molecule has 0 saturated carbocycles. The maximum atomic E-state index is 13.8. The molecule has 0 aliphatic rings. The first-order chi connectivity index (χ1) is 17.9. The van der Waals surface area contributed by atoms with Gasteiger partial charge in [0.15, 0.2) is 0 Å². The average molecular weight is 714 g/mol. The molecule has 0 bridgehead atoms. The molecule has 0 aliphatic heterocycles. The van der Waals surface area contributed by atoms with Gasteiger partial charge in [-0.3, -0.25) is 0 Å². The Kier molecular flexibility index (Phi) is 10.7. The van der Waals surface area contributed by atoms with Gasteiger partial charge in [0, 0.05) is 0 Å². The largest absolute Gasteiger partial charge is 1.00 e. The summed E-state index contributed by atoms with van der Waals surface area (Å²) in [4.78, 5) is -1.71. The molecule has 0 N–H and O–H groups in total. The third-order valence-corrected chi connectivity index (χ3v) is 5.65. The van der Waals surface area contributed by atoms with Crippen molar-refractivity contribution in [3.05, 3.63) is 24.3 Å². The molecule has 1 aromatic rings. The summed E-state index contributed by atoms with van der Waals surface area (Å²) in [6.45, 7) is 0. The molecule has 0 saturated heterocycles. The molecular weight excluding hydrogens is 710 g/mol. The van der Waals surface area contributed by atoms with Crippen molar-refractivity contribution in [2.45, 2.75) is 64.6 Å². The Morgan fingerprint density at radius 3 is 1.12 bits per heavy atom. The first kappa shape index (κ1) is 41.5. The minimum absolute atomic E-state index is 0. The van der Waals surface area contributed by atoms with Crippen LogP contribution in [0, 0.1) is 0 Å². The fraction of sp³-hybridized carbons (Fsp3) is 0.625. The minimum atomic E-state index is -9.31. The standard InChI is InChI=1S/C16H5F21O4S.Na/c17-7(18,9(21,22)11(25,26)13(29,30)15(33,34)35)8(19,20)10(23,24)12(27,28)14(31,32)16(36,37)41-5-2-1-3-6(4-5)42(38,39)40;/h1-4H,(H,38,39,40);/q;+1/p-1. The topological polar surface area (TPSA) is 66.4 Å². The Labute approximate surface area is 244 Å². The van der Waals surface area contributed by atoms with E-state index in [0.29, 0.717) is 0 Å². The zero-order chi connectivity index (χ0) is 34.2. The molecule has 43 heavy (non-hydrogen) atoms. The van der Waals surface area contributed by atoms with Gasteiger partial charge in [0.25, 0.3) is 0 Å². The third kappa shape index (κ3) is 5.93. The van der Waals surface area contributed by atoms with Crippen molar-refractivity contribution in [1.29, 1.82) is 0 Å². The molecule has 0 atom stereocenters. The van der Waals surface area contributed by atoms with Crippen LogP contribution in [0.4, 0.5) is 92.2 Å². The van der Waals surface area contributed by atoms with E-state index in [0.717, 1.165) is 0 Å². The van der Waals surface area contributed by atoms with Gasteiger partial charge >= 0.3 is 89.2 Å². The van der Waals surface area contributed by atoms with E-state index in [1.165, 1.54) is 0 Å². The van der Waals surface area contributed by atoms with Gasteiger partial charge in [-0.25, -0.2) is 8.42 Å². The van der Waals surface area contributed by atoms with Gasteiger partial charge in [-0.15, -0.1) is 0 Å². The number of hydrogen-bond acceptors (Lipinski definition) is 4. The fourth-order valence-electron chi connectivity index (χ4n) is 2.45. The van der Waals surface area contributed by atoms with Gasteiger partial charge in [0.1, 0.15) is 15.9 Å². The predicted octanol–water partition coefficient (Wildman–Crippen LogP) is 4.21. The molecule has 1 aromatic carbocycles. The van der Waals surface area contributed by atoms with Gasteiger partial charge in [-0.1, -0.05) is 6.07 Å². The van der Waals surface area contributed by atoms with Crippen LogP contribution < -0.4 is 34.3 Å². The van der Waals surface area contributed by atoms with E-state index in [1.54, 1.807) is 0 Å². The smallest absolute Gasteiger partial charge is 0.744 e. The zero-order valence-electron chi connectivity index (χ0n) is 19.3. The van der Waals surface area contributed by atoms with E-state index in [-0.39, 0.29) is 47.8 Å². The normalized spacial score (nSPS) is 15.7. The minimum Gasteiger partial charge on any atom is -0.744 e. The van der Waals surface area contributed by atoms with E-state index in [2.05, 4.69) is 4.74 Å². The second-order valence-corrected chi connectivity index (χ2v) is 9.02. The van der Waals surface area contributed by atoms with Gasteiger partial charge in [-0.2, -0.15) is 92.2 Å². The molecule has 0 aromatic heterocycles. The maximum Gasteiger partial charge on any atom is 1.00 e. The van der Waals surface area contributed by atoms with Crippen molar-refractivity contribution in [2.75, 3.05) is 0 Å². The van der Waals surface area contributed by atoms with Crippen LogP contribution in [0.15, 0.2) is 29.2 Å². The van der Waals surface area contributed by atoms with Gasteiger partial charge < -0.3 is 9.29 Å². The summed E-state index contributed by atoms with van der Waals surface area (Å²) in [5.41, 5.74) is 0. The second kappa shape index (κ2) is 11.1. The Morgan fingerprint density at radius 1 is 0.512 bits per heavy atom. The molecule has 27 heteroatoms. The molecule has 0 spiro atoms. The first-order valence-corrected chi connectivity index (χ1v) is 10.6. The maximum absolute atomic E-state index is 13.8. The molecule has 0 fully saturated rings. The number of alkyl halides is 21. The Hall–Kier alpha value is -1.54. The molecule has 0 radical (unpaired) electrons. The SMILES string of the molecule is O=S(=O)([O-])c1cccc(OC(F)(F)C(F)(F)C(F)(F)C(F)(F)C(F)(F)C(F)(F)C(F)(F)C(F)(F)C(F)(F)C(F)(F)F)c1.[Na+]. The predicted molar refractivity (Wildman–Crippen MR) is 85.6 cm³/mol. The number of halogens is 21. The van der Waals surface area contributed by atoms with Crippen LogP contribution in [0.2, 0.25) is 0 Å². The second-order valence-electron chi connectivity index (χ2n) is 7.64. The van der Waals surface area contributed by atoms with Crippen LogP contribution in [0.1, 0.15) is 0 Å². The van der Waals surface area contributed by atoms with E-state index in [1.807, 2.05) is 0 Å². The van der Waals surface area contributed by atoms with Crippen LogP contribution >= 0.6 is 0 Å². The summed E-state index contributed by atoms with van der Waals surface area (Å²) < 4.78 is 315. The molecular formula is C16H4F21NaO4S. The van der Waals surface area contributed by atoms with Gasteiger partial charge in [0.05, 0.1) is 4.90 Å². The molecule has 0 amide bonds. The summed E-state index contributed by atoms with van der Waals surface area (Å²) in [7, 11) is -5.72. The summed E-state index contributed by atoms with van der Waals surface area (Å²) in [5, 5.41) is 0. The van der Waals surface area contributed by atoms with E-state index < -0.39 is 86.5 Å². The quantitative estimate of drug-likeness (QED) is 0.196. The zero-order valence-corrected chi connectivity index (χ0v) is 22.1. The number of benzene rings is 1. The molecule has 0 heterocycles. The van der Waals surface area contributed by atoms with Crippen LogP contribution in [-0.2, 0) is 10.1 Å². The molecule has 246 valence electrons. The summed E-state index contributed by atoms with van der Waals surface area (Å²) in [5.74, 6) is -74.0. The number of rotatable bonds is 11. The van der Waals surface area contributed by atoms with E-state index in [9.17, 15) is 105 Å². The van der Waals surface area contributed by atoms with Crippen molar-refractivity contribution in [2.24, 2.45) is 0 Å². The summed E-state index contributed by atoms with van der Waals surface area (Å²) >= 11 is 0. The van der Waals surface area contributed by atoms with Crippen LogP contribution in [-0.4, -0.2) is 72.6 Å². The average Bonchev–Trinajstić information content (AvgIpc) is 2.76. The first-order valence-electron chi connectivity index (χ1n) is 9.15. The van der Waals surface area contributed by atoms with Crippen molar-refractivity contribution in [3.8, 4) is 5.75 Å². The molecule has 4 nitrogen and oxygen atoms in total. The van der Waals surface area contributed by atoms with Crippen LogP contribution in [0.5, 0.6) is 5.75 Å².